The van der Waals surface area contributed by atoms with E-state index in [1.54, 1.807) is 11.3 Å². The standard InChI is InChI=1S/C18H22N2OS/c1-13(15-11-19-12-15)18(21)20-16(17-8-5-9-22-17)10-14-6-3-2-4-7-14/h2-9,13,15-16,19H,10-12H2,1H3,(H,20,21). The molecule has 2 atom stereocenters. The molecule has 3 nitrogen and oxygen atoms in total. The Labute approximate surface area is 135 Å². The number of amides is 1. The maximum absolute atomic E-state index is 12.5. The lowest BCUT2D eigenvalue weighted by Gasteiger charge is -2.32. The van der Waals surface area contributed by atoms with E-state index in [9.17, 15) is 4.79 Å². The summed E-state index contributed by atoms with van der Waals surface area (Å²) in [4.78, 5) is 13.8. The normalized spacial score (nSPS) is 17.5. The van der Waals surface area contributed by atoms with Gasteiger partial charge in [0.05, 0.1) is 6.04 Å². The molecule has 1 fully saturated rings. The summed E-state index contributed by atoms with van der Waals surface area (Å²) in [7, 11) is 0. The average molecular weight is 314 g/mol. The van der Waals surface area contributed by atoms with Crippen molar-refractivity contribution in [1.29, 1.82) is 0 Å². The monoisotopic (exact) mass is 314 g/mol. The van der Waals surface area contributed by atoms with E-state index in [0.29, 0.717) is 5.92 Å². The molecule has 0 bridgehead atoms. The summed E-state index contributed by atoms with van der Waals surface area (Å²) in [5.74, 6) is 0.709. The Morgan fingerprint density at radius 3 is 2.64 bits per heavy atom. The lowest BCUT2D eigenvalue weighted by Crippen LogP contribution is -2.50. The van der Waals surface area contributed by atoms with Crippen LogP contribution in [0.4, 0.5) is 0 Å². The largest absolute Gasteiger partial charge is 0.348 e. The molecule has 1 aromatic carbocycles. The molecular weight excluding hydrogens is 292 g/mol. The third-order valence-electron chi connectivity index (χ3n) is 4.42. The van der Waals surface area contributed by atoms with E-state index in [-0.39, 0.29) is 17.9 Å². The number of nitrogens with one attached hydrogen (secondary N) is 2. The minimum absolute atomic E-state index is 0.0605. The van der Waals surface area contributed by atoms with Crippen molar-refractivity contribution in [1.82, 2.24) is 10.6 Å². The molecule has 2 aromatic rings. The van der Waals surface area contributed by atoms with Gasteiger partial charge in [0.2, 0.25) is 5.91 Å². The molecule has 0 saturated carbocycles. The van der Waals surface area contributed by atoms with Crippen LogP contribution in [-0.2, 0) is 11.2 Å². The Morgan fingerprint density at radius 1 is 1.27 bits per heavy atom. The van der Waals surface area contributed by atoms with Crippen LogP contribution in [0.15, 0.2) is 47.8 Å². The van der Waals surface area contributed by atoms with Gasteiger partial charge in [-0.25, -0.2) is 0 Å². The molecule has 3 rings (SSSR count). The first-order chi connectivity index (χ1) is 10.7. The summed E-state index contributed by atoms with van der Waals surface area (Å²) >= 11 is 1.71. The van der Waals surface area contributed by atoms with Crippen molar-refractivity contribution in [3.05, 3.63) is 58.3 Å². The van der Waals surface area contributed by atoms with Gasteiger partial charge < -0.3 is 10.6 Å². The van der Waals surface area contributed by atoms with Gasteiger partial charge in [-0.2, -0.15) is 0 Å². The molecule has 1 aliphatic rings. The molecule has 1 aromatic heterocycles. The van der Waals surface area contributed by atoms with E-state index in [1.807, 2.05) is 31.2 Å². The topological polar surface area (TPSA) is 41.1 Å². The molecule has 4 heteroatoms. The zero-order valence-electron chi connectivity index (χ0n) is 12.8. The Kier molecular flexibility index (Phi) is 4.90. The summed E-state index contributed by atoms with van der Waals surface area (Å²) in [6.07, 6.45) is 0.836. The number of carbonyl (C=O) groups excluding carboxylic acids is 1. The number of thiophene rings is 1. The number of hydrogen-bond acceptors (Lipinski definition) is 3. The molecule has 1 saturated heterocycles. The van der Waals surface area contributed by atoms with E-state index in [1.165, 1.54) is 10.4 Å². The Hall–Kier alpha value is -1.65. The fraction of sp³-hybridized carbons (Fsp3) is 0.389. The van der Waals surface area contributed by atoms with Gasteiger partial charge in [0.25, 0.3) is 0 Å². The van der Waals surface area contributed by atoms with Crippen molar-refractivity contribution < 1.29 is 4.79 Å². The molecule has 0 spiro atoms. The number of hydrogen-bond donors (Lipinski definition) is 2. The highest BCUT2D eigenvalue weighted by atomic mass is 32.1. The van der Waals surface area contributed by atoms with E-state index in [0.717, 1.165) is 19.5 Å². The van der Waals surface area contributed by atoms with Gasteiger partial charge in [0, 0.05) is 10.8 Å². The first-order valence-corrected chi connectivity index (χ1v) is 8.70. The van der Waals surface area contributed by atoms with Crippen molar-refractivity contribution >= 4 is 17.2 Å². The van der Waals surface area contributed by atoms with Crippen LogP contribution < -0.4 is 10.6 Å². The van der Waals surface area contributed by atoms with Gasteiger partial charge in [-0.3, -0.25) is 4.79 Å². The van der Waals surface area contributed by atoms with Gasteiger partial charge in [-0.15, -0.1) is 11.3 Å². The summed E-state index contributed by atoms with van der Waals surface area (Å²) in [5.41, 5.74) is 1.25. The number of rotatable bonds is 6. The summed E-state index contributed by atoms with van der Waals surface area (Å²) in [6.45, 7) is 3.95. The minimum atomic E-state index is 0.0605. The maximum Gasteiger partial charge on any atom is 0.223 e. The Morgan fingerprint density at radius 2 is 2.05 bits per heavy atom. The van der Waals surface area contributed by atoms with Gasteiger partial charge in [-0.1, -0.05) is 43.3 Å². The first kappa shape index (κ1) is 15.3. The molecule has 22 heavy (non-hydrogen) atoms. The first-order valence-electron chi connectivity index (χ1n) is 7.82. The molecule has 0 radical (unpaired) electrons. The van der Waals surface area contributed by atoms with Crippen molar-refractivity contribution in [2.24, 2.45) is 11.8 Å². The van der Waals surface area contributed by atoms with E-state index in [4.69, 9.17) is 0 Å². The molecule has 116 valence electrons. The van der Waals surface area contributed by atoms with Crippen molar-refractivity contribution in [2.75, 3.05) is 13.1 Å². The smallest absolute Gasteiger partial charge is 0.223 e. The third-order valence-corrected chi connectivity index (χ3v) is 5.41. The summed E-state index contributed by atoms with van der Waals surface area (Å²) < 4.78 is 0. The molecule has 1 aliphatic heterocycles. The van der Waals surface area contributed by atoms with Gasteiger partial charge in [0.1, 0.15) is 0 Å². The Bertz CT molecular complexity index is 593. The predicted molar refractivity (Wildman–Crippen MR) is 90.9 cm³/mol. The van der Waals surface area contributed by atoms with Crippen molar-refractivity contribution in [3.8, 4) is 0 Å². The highest BCUT2D eigenvalue weighted by Gasteiger charge is 2.30. The van der Waals surface area contributed by atoms with E-state index in [2.05, 4.69) is 34.2 Å². The van der Waals surface area contributed by atoms with Crippen LogP contribution in [0.2, 0.25) is 0 Å². The minimum Gasteiger partial charge on any atom is -0.348 e. The molecule has 2 N–H and O–H groups in total. The van der Waals surface area contributed by atoms with Gasteiger partial charge in [-0.05, 0) is 42.4 Å². The zero-order chi connectivity index (χ0) is 15.4. The second kappa shape index (κ2) is 7.07. The predicted octanol–water partition coefficient (Wildman–Crippen LogP) is 3.00. The van der Waals surface area contributed by atoms with Crippen LogP contribution in [0.3, 0.4) is 0 Å². The second-order valence-electron chi connectivity index (χ2n) is 5.97. The molecule has 2 heterocycles. The van der Waals surface area contributed by atoms with Gasteiger partial charge >= 0.3 is 0 Å². The average Bonchev–Trinajstić information content (AvgIpc) is 3.00. The quantitative estimate of drug-likeness (QED) is 0.860. The van der Waals surface area contributed by atoms with Crippen LogP contribution in [0.5, 0.6) is 0 Å². The highest BCUT2D eigenvalue weighted by Crippen LogP contribution is 2.24. The van der Waals surface area contributed by atoms with Crippen molar-refractivity contribution in [2.45, 2.75) is 19.4 Å². The fourth-order valence-electron chi connectivity index (χ4n) is 2.74. The summed E-state index contributed by atoms with van der Waals surface area (Å²) in [5, 5.41) is 8.57. The highest BCUT2D eigenvalue weighted by molar-refractivity contribution is 7.10. The molecular formula is C18H22N2OS. The zero-order valence-corrected chi connectivity index (χ0v) is 13.6. The van der Waals surface area contributed by atoms with Crippen LogP contribution in [0.1, 0.15) is 23.4 Å². The van der Waals surface area contributed by atoms with Crippen LogP contribution in [0.25, 0.3) is 0 Å². The lowest BCUT2D eigenvalue weighted by molar-refractivity contribution is -0.127. The molecule has 2 unspecified atom stereocenters. The summed E-state index contributed by atoms with van der Waals surface area (Å²) in [6, 6.07) is 14.6. The SMILES string of the molecule is CC(C(=O)NC(Cc1ccccc1)c1cccs1)C1CNC1. The van der Waals surface area contributed by atoms with Crippen molar-refractivity contribution in [3.63, 3.8) is 0 Å². The third kappa shape index (κ3) is 3.57. The maximum atomic E-state index is 12.5. The van der Waals surface area contributed by atoms with Crippen LogP contribution >= 0.6 is 11.3 Å². The number of carbonyl (C=O) groups is 1. The van der Waals surface area contributed by atoms with Crippen LogP contribution in [0, 0.1) is 11.8 Å². The molecule has 1 amide bonds. The van der Waals surface area contributed by atoms with E-state index >= 15 is 0 Å². The lowest BCUT2D eigenvalue weighted by atomic mass is 9.88. The molecule has 0 aliphatic carbocycles. The van der Waals surface area contributed by atoms with Gasteiger partial charge in [0.15, 0.2) is 0 Å². The Balaban J connectivity index is 1.70. The number of benzene rings is 1. The van der Waals surface area contributed by atoms with E-state index < -0.39 is 0 Å². The second-order valence-corrected chi connectivity index (χ2v) is 6.95. The van der Waals surface area contributed by atoms with Crippen LogP contribution in [-0.4, -0.2) is 19.0 Å². The fourth-order valence-corrected chi connectivity index (χ4v) is 3.52.